The number of rotatable bonds is 5. The number of amides is 1. The minimum atomic E-state index is 0.165. The Morgan fingerprint density at radius 3 is 1.50 bits per heavy atom. The minimum Gasteiger partial charge on any atom is -0.312 e. The van der Waals surface area contributed by atoms with Crippen LogP contribution < -0.4 is 4.90 Å². The zero-order chi connectivity index (χ0) is 24.3. The monoisotopic (exact) mass is 467 g/mol. The SMILES string of the molecule is O=C1CCCN1c1cc(-c2ccc(-c3ccccc3)cn2)cc(-c2ccc(-c3ccccc3)cn2)c1. The van der Waals surface area contributed by atoms with E-state index in [9.17, 15) is 4.79 Å². The predicted molar refractivity (Wildman–Crippen MR) is 145 cm³/mol. The van der Waals surface area contributed by atoms with Gasteiger partial charge in [-0.05, 0) is 47.9 Å². The van der Waals surface area contributed by atoms with Crippen molar-refractivity contribution in [1.82, 2.24) is 9.97 Å². The summed E-state index contributed by atoms with van der Waals surface area (Å²) in [6.07, 6.45) is 5.29. The van der Waals surface area contributed by atoms with Gasteiger partial charge in [0.2, 0.25) is 5.91 Å². The van der Waals surface area contributed by atoms with Gasteiger partial charge in [0.15, 0.2) is 0 Å². The van der Waals surface area contributed by atoms with E-state index in [0.29, 0.717) is 6.42 Å². The van der Waals surface area contributed by atoms with Crippen LogP contribution in [0.4, 0.5) is 5.69 Å². The van der Waals surface area contributed by atoms with Gasteiger partial charge >= 0.3 is 0 Å². The van der Waals surface area contributed by atoms with Crippen molar-refractivity contribution in [3.63, 3.8) is 0 Å². The molecule has 174 valence electrons. The highest BCUT2D eigenvalue weighted by Crippen LogP contribution is 2.33. The Bertz CT molecular complexity index is 1390. The third-order valence-electron chi connectivity index (χ3n) is 6.64. The van der Waals surface area contributed by atoms with Crippen LogP contribution in [0.1, 0.15) is 12.8 Å². The van der Waals surface area contributed by atoms with Crippen molar-refractivity contribution in [2.45, 2.75) is 12.8 Å². The van der Waals surface area contributed by atoms with Crippen LogP contribution in [-0.4, -0.2) is 22.4 Å². The Morgan fingerprint density at radius 1 is 0.556 bits per heavy atom. The molecule has 6 rings (SSSR count). The van der Waals surface area contributed by atoms with E-state index < -0.39 is 0 Å². The molecule has 0 N–H and O–H groups in total. The third-order valence-corrected chi connectivity index (χ3v) is 6.64. The number of aromatic nitrogens is 2. The van der Waals surface area contributed by atoms with Gasteiger partial charge in [-0.1, -0.05) is 72.8 Å². The third kappa shape index (κ3) is 4.41. The molecule has 1 saturated heterocycles. The van der Waals surface area contributed by atoms with Crippen LogP contribution in [0.25, 0.3) is 44.8 Å². The molecule has 2 aromatic heterocycles. The molecule has 4 heteroatoms. The number of nitrogens with zero attached hydrogens (tertiary/aromatic N) is 3. The fraction of sp³-hybridized carbons (Fsp3) is 0.0938. The highest BCUT2D eigenvalue weighted by molar-refractivity contribution is 5.97. The lowest BCUT2D eigenvalue weighted by Crippen LogP contribution is -2.23. The number of hydrogen-bond donors (Lipinski definition) is 0. The van der Waals surface area contributed by atoms with Gasteiger partial charge in [-0.3, -0.25) is 14.8 Å². The van der Waals surface area contributed by atoms with Crippen molar-refractivity contribution >= 4 is 11.6 Å². The molecule has 36 heavy (non-hydrogen) atoms. The number of benzene rings is 3. The van der Waals surface area contributed by atoms with Gasteiger partial charge in [0.25, 0.3) is 0 Å². The van der Waals surface area contributed by atoms with Crippen molar-refractivity contribution in [2.75, 3.05) is 11.4 Å². The molecular weight excluding hydrogens is 442 g/mol. The van der Waals surface area contributed by atoms with E-state index in [1.165, 1.54) is 0 Å². The van der Waals surface area contributed by atoms with E-state index in [1.807, 2.05) is 65.8 Å². The highest BCUT2D eigenvalue weighted by Gasteiger charge is 2.23. The predicted octanol–water partition coefficient (Wildman–Crippen LogP) is 7.27. The van der Waals surface area contributed by atoms with Gasteiger partial charge in [0.1, 0.15) is 0 Å². The number of hydrogen-bond acceptors (Lipinski definition) is 3. The number of anilines is 1. The molecule has 1 aliphatic rings. The zero-order valence-corrected chi connectivity index (χ0v) is 19.8. The molecule has 0 saturated carbocycles. The van der Waals surface area contributed by atoms with Gasteiger partial charge in [-0.15, -0.1) is 0 Å². The summed E-state index contributed by atoms with van der Waals surface area (Å²) in [4.78, 5) is 24.0. The van der Waals surface area contributed by atoms with E-state index in [-0.39, 0.29) is 5.91 Å². The van der Waals surface area contributed by atoms with Crippen LogP contribution >= 0.6 is 0 Å². The van der Waals surface area contributed by atoms with E-state index in [1.54, 1.807) is 0 Å². The van der Waals surface area contributed by atoms with E-state index in [4.69, 9.17) is 9.97 Å². The molecule has 1 amide bonds. The van der Waals surface area contributed by atoms with Crippen molar-refractivity contribution in [3.05, 3.63) is 116 Å². The molecular formula is C32H25N3O. The Hall–Kier alpha value is -4.57. The molecule has 0 radical (unpaired) electrons. The number of pyridine rings is 2. The lowest BCUT2D eigenvalue weighted by atomic mass is 10.0. The Labute approximate surface area is 210 Å². The maximum absolute atomic E-state index is 12.6. The normalized spacial score (nSPS) is 13.2. The van der Waals surface area contributed by atoms with Crippen LogP contribution in [0.3, 0.4) is 0 Å². The van der Waals surface area contributed by atoms with Crippen molar-refractivity contribution in [2.24, 2.45) is 0 Å². The first-order chi connectivity index (χ1) is 17.7. The Morgan fingerprint density at radius 2 is 1.08 bits per heavy atom. The molecule has 4 nitrogen and oxygen atoms in total. The summed E-state index contributed by atoms with van der Waals surface area (Å²) >= 11 is 0. The molecule has 3 aromatic carbocycles. The van der Waals surface area contributed by atoms with Crippen LogP contribution in [0.15, 0.2) is 116 Å². The topological polar surface area (TPSA) is 46.1 Å². The molecule has 0 atom stereocenters. The minimum absolute atomic E-state index is 0.165. The Balaban J connectivity index is 1.39. The number of carbonyl (C=O) groups excluding carboxylic acids is 1. The molecule has 0 bridgehead atoms. The highest BCUT2D eigenvalue weighted by atomic mass is 16.2. The van der Waals surface area contributed by atoms with Crippen molar-refractivity contribution in [1.29, 1.82) is 0 Å². The first kappa shape index (κ1) is 21.9. The molecule has 1 fully saturated rings. The molecule has 3 heterocycles. The van der Waals surface area contributed by atoms with E-state index >= 15 is 0 Å². The second kappa shape index (κ2) is 9.59. The van der Waals surface area contributed by atoms with Crippen molar-refractivity contribution < 1.29 is 4.79 Å². The summed E-state index contributed by atoms with van der Waals surface area (Å²) in [6.45, 7) is 0.739. The summed E-state index contributed by atoms with van der Waals surface area (Å²) in [6, 6.07) is 35.0. The fourth-order valence-corrected chi connectivity index (χ4v) is 4.72. The van der Waals surface area contributed by atoms with Gasteiger partial charge < -0.3 is 4.90 Å². The van der Waals surface area contributed by atoms with Crippen LogP contribution in [0.5, 0.6) is 0 Å². The van der Waals surface area contributed by atoms with Crippen LogP contribution in [-0.2, 0) is 4.79 Å². The molecule has 0 unspecified atom stereocenters. The van der Waals surface area contributed by atoms with E-state index in [0.717, 1.165) is 63.4 Å². The lowest BCUT2D eigenvalue weighted by molar-refractivity contribution is -0.117. The smallest absolute Gasteiger partial charge is 0.227 e. The average molecular weight is 468 g/mol. The zero-order valence-electron chi connectivity index (χ0n) is 19.8. The van der Waals surface area contributed by atoms with Crippen molar-refractivity contribution in [3.8, 4) is 44.8 Å². The van der Waals surface area contributed by atoms with Crippen LogP contribution in [0, 0.1) is 0 Å². The maximum Gasteiger partial charge on any atom is 0.227 e. The first-order valence-corrected chi connectivity index (χ1v) is 12.2. The lowest BCUT2D eigenvalue weighted by Gasteiger charge is -2.18. The summed E-state index contributed by atoms with van der Waals surface area (Å²) in [5.41, 5.74) is 8.98. The molecule has 5 aromatic rings. The van der Waals surface area contributed by atoms with Gasteiger partial charge in [-0.25, -0.2) is 0 Å². The first-order valence-electron chi connectivity index (χ1n) is 12.2. The average Bonchev–Trinajstić information content (AvgIpc) is 3.40. The Kier molecular flexibility index (Phi) is 5.84. The van der Waals surface area contributed by atoms with E-state index in [2.05, 4.69) is 54.6 Å². The summed E-state index contributed by atoms with van der Waals surface area (Å²) < 4.78 is 0. The van der Waals surface area contributed by atoms with Gasteiger partial charge in [0, 0.05) is 53.3 Å². The van der Waals surface area contributed by atoms with Crippen LogP contribution in [0.2, 0.25) is 0 Å². The maximum atomic E-state index is 12.6. The molecule has 0 spiro atoms. The quantitative estimate of drug-likeness (QED) is 0.273. The largest absolute Gasteiger partial charge is 0.312 e. The molecule has 0 aliphatic carbocycles. The molecule has 1 aliphatic heterocycles. The standard InChI is InChI=1S/C32H25N3O/c36-32-12-7-17-35(32)29-19-27(30-15-13-25(21-33-30)23-8-3-1-4-9-23)18-28(20-29)31-16-14-26(22-34-31)24-10-5-2-6-11-24/h1-6,8-11,13-16,18-22H,7,12,17H2. The van der Waals surface area contributed by atoms with Gasteiger partial charge in [0.05, 0.1) is 11.4 Å². The number of carbonyl (C=O) groups is 1. The summed E-state index contributed by atoms with van der Waals surface area (Å²) in [5.74, 6) is 0.165. The summed E-state index contributed by atoms with van der Waals surface area (Å²) in [5, 5.41) is 0. The summed E-state index contributed by atoms with van der Waals surface area (Å²) in [7, 11) is 0. The fourth-order valence-electron chi connectivity index (χ4n) is 4.72. The van der Waals surface area contributed by atoms with Gasteiger partial charge in [-0.2, -0.15) is 0 Å². The second-order valence-corrected chi connectivity index (χ2v) is 9.01. The second-order valence-electron chi connectivity index (χ2n) is 9.01.